The van der Waals surface area contributed by atoms with E-state index in [1.165, 1.54) is 0 Å². The lowest BCUT2D eigenvalue weighted by molar-refractivity contribution is 0.102. The number of hydrogen-bond donors (Lipinski definition) is 2. The summed E-state index contributed by atoms with van der Waals surface area (Å²) in [5.41, 5.74) is 3.11. The molecule has 2 heterocycles. The Labute approximate surface area is 157 Å². The second kappa shape index (κ2) is 7.90. The molecule has 2 aromatic heterocycles. The Kier molecular flexibility index (Phi) is 5.40. The SMILES string of the molecule is Cc1cccc2nc(C(=O)Nc3cccc(NC(=O)OCC(C)C)c3)cn12. The van der Waals surface area contributed by atoms with Crippen molar-refractivity contribution in [1.82, 2.24) is 9.38 Å². The molecule has 0 radical (unpaired) electrons. The van der Waals surface area contributed by atoms with Crippen LogP contribution in [0.5, 0.6) is 0 Å². The van der Waals surface area contributed by atoms with E-state index in [9.17, 15) is 9.59 Å². The van der Waals surface area contributed by atoms with Crippen LogP contribution in [0.3, 0.4) is 0 Å². The average Bonchev–Trinajstić information content (AvgIpc) is 3.06. The summed E-state index contributed by atoms with van der Waals surface area (Å²) < 4.78 is 6.95. The van der Waals surface area contributed by atoms with Gasteiger partial charge in [0.2, 0.25) is 0 Å². The summed E-state index contributed by atoms with van der Waals surface area (Å²) in [6.45, 7) is 6.22. The van der Waals surface area contributed by atoms with E-state index in [2.05, 4.69) is 15.6 Å². The fourth-order valence-electron chi connectivity index (χ4n) is 2.52. The number of imidazole rings is 1. The van der Waals surface area contributed by atoms with E-state index < -0.39 is 6.09 Å². The fraction of sp³-hybridized carbons (Fsp3) is 0.250. The molecule has 1 aromatic carbocycles. The third kappa shape index (κ3) is 4.63. The van der Waals surface area contributed by atoms with Crippen LogP contribution in [-0.2, 0) is 4.74 Å². The highest BCUT2D eigenvalue weighted by Gasteiger charge is 2.12. The molecule has 140 valence electrons. The number of aryl methyl sites for hydroxylation is 1. The lowest BCUT2D eigenvalue weighted by Crippen LogP contribution is -2.17. The van der Waals surface area contributed by atoms with Crippen molar-refractivity contribution in [2.24, 2.45) is 5.92 Å². The average molecular weight is 366 g/mol. The molecular formula is C20H22N4O3. The van der Waals surface area contributed by atoms with Crippen molar-refractivity contribution in [3.8, 4) is 0 Å². The third-order valence-corrected chi connectivity index (χ3v) is 3.84. The molecule has 3 rings (SSSR count). The van der Waals surface area contributed by atoms with Gasteiger partial charge in [-0.25, -0.2) is 9.78 Å². The van der Waals surface area contributed by atoms with E-state index >= 15 is 0 Å². The minimum atomic E-state index is -0.525. The van der Waals surface area contributed by atoms with Gasteiger partial charge in [0.1, 0.15) is 11.3 Å². The first-order valence-electron chi connectivity index (χ1n) is 8.72. The van der Waals surface area contributed by atoms with Crippen LogP contribution in [0.1, 0.15) is 30.0 Å². The molecule has 7 heteroatoms. The molecule has 0 fully saturated rings. The standard InChI is InChI=1S/C20H22N4O3/c1-13(2)12-27-20(26)22-16-8-5-7-15(10-16)21-19(25)17-11-24-14(3)6-4-9-18(24)23-17/h4-11,13H,12H2,1-3H3,(H,21,25)(H,22,26). The monoisotopic (exact) mass is 366 g/mol. The van der Waals surface area contributed by atoms with Gasteiger partial charge < -0.3 is 14.5 Å². The Morgan fingerprint density at radius 3 is 2.52 bits per heavy atom. The van der Waals surface area contributed by atoms with Crippen molar-refractivity contribution in [3.63, 3.8) is 0 Å². The van der Waals surface area contributed by atoms with Gasteiger partial charge >= 0.3 is 6.09 Å². The van der Waals surface area contributed by atoms with Crippen LogP contribution in [0, 0.1) is 12.8 Å². The maximum atomic E-state index is 12.5. The first-order valence-corrected chi connectivity index (χ1v) is 8.72. The topological polar surface area (TPSA) is 84.7 Å². The third-order valence-electron chi connectivity index (χ3n) is 3.84. The number of aromatic nitrogens is 2. The van der Waals surface area contributed by atoms with Gasteiger partial charge in [0.05, 0.1) is 6.61 Å². The number of nitrogens with one attached hydrogen (secondary N) is 2. The Bertz CT molecular complexity index is 978. The Balaban J connectivity index is 1.68. The van der Waals surface area contributed by atoms with Crippen molar-refractivity contribution < 1.29 is 14.3 Å². The molecule has 0 aliphatic carbocycles. The predicted molar refractivity (Wildman–Crippen MR) is 104 cm³/mol. The summed E-state index contributed by atoms with van der Waals surface area (Å²) in [5, 5.41) is 5.44. The lowest BCUT2D eigenvalue weighted by Gasteiger charge is -2.10. The van der Waals surface area contributed by atoms with Crippen molar-refractivity contribution >= 4 is 29.0 Å². The van der Waals surface area contributed by atoms with Crippen molar-refractivity contribution in [2.75, 3.05) is 17.2 Å². The zero-order valence-corrected chi connectivity index (χ0v) is 15.5. The van der Waals surface area contributed by atoms with E-state index in [4.69, 9.17) is 4.74 Å². The molecule has 0 aliphatic rings. The van der Waals surface area contributed by atoms with Crippen LogP contribution in [0.4, 0.5) is 16.2 Å². The number of carbonyl (C=O) groups is 2. The summed E-state index contributed by atoms with van der Waals surface area (Å²) in [4.78, 5) is 28.6. The highest BCUT2D eigenvalue weighted by molar-refractivity contribution is 6.03. The summed E-state index contributed by atoms with van der Waals surface area (Å²) in [5.74, 6) is -0.0620. The number of anilines is 2. The van der Waals surface area contributed by atoms with E-state index in [0.717, 1.165) is 5.69 Å². The van der Waals surface area contributed by atoms with Crippen LogP contribution in [0.25, 0.3) is 5.65 Å². The zero-order chi connectivity index (χ0) is 19.4. The Hall–Kier alpha value is -3.35. The highest BCUT2D eigenvalue weighted by Crippen LogP contribution is 2.17. The number of amides is 2. The van der Waals surface area contributed by atoms with Gasteiger partial charge in [-0.05, 0) is 43.2 Å². The van der Waals surface area contributed by atoms with Crippen LogP contribution >= 0.6 is 0 Å². The molecule has 2 N–H and O–H groups in total. The number of ether oxygens (including phenoxy) is 1. The highest BCUT2D eigenvalue weighted by atomic mass is 16.5. The van der Waals surface area contributed by atoms with E-state index in [0.29, 0.717) is 29.3 Å². The van der Waals surface area contributed by atoms with Crippen molar-refractivity contribution in [2.45, 2.75) is 20.8 Å². The fourth-order valence-corrected chi connectivity index (χ4v) is 2.52. The van der Waals surface area contributed by atoms with Crippen LogP contribution in [0.2, 0.25) is 0 Å². The molecule has 0 bridgehead atoms. The first-order chi connectivity index (χ1) is 12.9. The van der Waals surface area contributed by atoms with E-state index in [1.807, 2.05) is 43.4 Å². The van der Waals surface area contributed by atoms with Gasteiger partial charge in [-0.3, -0.25) is 10.1 Å². The van der Waals surface area contributed by atoms with Gasteiger partial charge in [-0.1, -0.05) is 26.0 Å². The number of benzene rings is 1. The number of rotatable bonds is 5. The van der Waals surface area contributed by atoms with Crippen LogP contribution in [0.15, 0.2) is 48.7 Å². The first kappa shape index (κ1) is 18.4. The molecule has 0 aliphatic heterocycles. The number of carbonyl (C=O) groups excluding carboxylic acids is 2. The number of hydrogen-bond acceptors (Lipinski definition) is 4. The molecule has 7 nitrogen and oxygen atoms in total. The van der Waals surface area contributed by atoms with Gasteiger partial charge in [-0.2, -0.15) is 0 Å². The van der Waals surface area contributed by atoms with Crippen LogP contribution < -0.4 is 10.6 Å². The smallest absolute Gasteiger partial charge is 0.411 e. The van der Waals surface area contributed by atoms with Crippen molar-refractivity contribution in [1.29, 1.82) is 0 Å². The molecule has 3 aromatic rings. The minimum Gasteiger partial charge on any atom is -0.449 e. The minimum absolute atomic E-state index is 0.260. The predicted octanol–water partition coefficient (Wildman–Crippen LogP) is 4.10. The molecule has 0 spiro atoms. The van der Waals surface area contributed by atoms with Gasteiger partial charge in [0.15, 0.2) is 0 Å². The number of nitrogens with zero attached hydrogens (tertiary/aromatic N) is 2. The summed E-state index contributed by atoms with van der Waals surface area (Å²) in [6.07, 6.45) is 1.17. The van der Waals surface area contributed by atoms with Crippen LogP contribution in [-0.4, -0.2) is 28.0 Å². The van der Waals surface area contributed by atoms with Gasteiger partial charge in [0, 0.05) is 23.3 Å². The quantitative estimate of drug-likeness (QED) is 0.712. The molecule has 2 amide bonds. The lowest BCUT2D eigenvalue weighted by atomic mass is 10.2. The molecule has 0 saturated carbocycles. The molecule has 0 unspecified atom stereocenters. The summed E-state index contributed by atoms with van der Waals surface area (Å²) in [6, 6.07) is 12.6. The molecule has 0 atom stereocenters. The Morgan fingerprint density at radius 1 is 1.11 bits per heavy atom. The van der Waals surface area contributed by atoms with Gasteiger partial charge in [0.25, 0.3) is 5.91 Å². The molecule has 0 saturated heterocycles. The molecule has 27 heavy (non-hydrogen) atoms. The number of fused-ring (bicyclic) bond motifs is 1. The van der Waals surface area contributed by atoms with E-state index in [1.54, 1.807) is 30.5 Å². The summed E-state index contributed by atoms with van der Waals surface area (Å²) in [7, 11) is 0. The van der Waals surface area contributed by atoms with E-state index in [-0.39, 0.29) is 11.8 Å². The number of pyridine rings is 1. The zero-order valence-electron chi connectivity index (χ0n) is 15.5. The summed E-state index contributed by atoms with van der Waals surface area (Å²) >= 11 is 0. The maximum absolute atomic E-state index is 12.5. The second-order valence-electron chi connectivity index (χ2n) is 6.67. The maximum Gasteiger partial charge on any atom is 0.411 e. The largest absolute Gasteiger partial charge is 0.449 e. The van der Waals surface area contributed by atoms with Gasteiger partial charge in [-0.15, -0.1) is 0 Å². The Morgan fingerprint density at radius 2 is 1.81 bits per heavy atom. The van der Waals surface area contributed by atoms with Crippen molar-refractivity contribution in [3.05, 3.63) is 60.0 Å². The molecular weight excluding hydrogens is 344 g/mol. The normalized spacial score (nSPS) is 10.8. The second-order valence-corrected chi connectivity index (χ2v) is 6.67.